The van der Waals surface area contributed by atoms with Crippen molar-refractivity contribution in [2.24, 2.45) is 5.73 Å². The number of nitrogens with zero attached hydrogens (tertiary/aromatic N) is 1. The van der Waals surface area contributed by atoms with Crippen molar-refractivity contribution in [1.82, 2.24) is 4.98 Å². The van der Waals surface area contributed by atoms with Crippen LogP contribution < -0.4 is 16.4 Å². The van der Waals surface area contributed by atoms with Gasteiger partial charge in [0.05, 0.1) is 11.4 Å². The van der Waals surface area contributed by atoms with Crippen molar-refractivity contribution in [3.8, 4) is 0 Å². The molecular weight excluding hydrogens is 268 g/mol. The first kappa shape index (κ1) is 14.7. The fraction of sp³-hybridized carbons (Fsp3) is 0.133. The highest BCUT2D eigenvalue weighted by Crippen LogP contribution is 2.21. The number of amides is 2. The Kier molecular flexibility index (Phi) is 5.00. The maximum absolute atomic E-state index is 12.1. The van der Waals surface area contributed by atoms with Gasteiger partial charge in [-0.1, -0.05) is 12.1 Å². The largest absolute Gasteiger partial charge is 0.330 e. The lowest BCUT2D eigenvalue weighted by molar-refractivity contribution is -0.116. The molecule has 6 heteroatoms. The van der Waals surface area contributed by atoms with Crippen LogP contribution in [0.3, 0.4) is 0 Å². The van der Waals surface area contributed by atoms with Crippen LogP contribution in [0.15, 0.2) is 48.8 Å². The van der Waals surface area contributed by atoms with Crippen LogP contribution in [0.2, 0.25) is 0 Å². The molecule has 0 unspecified atom stereocenters. The van der Waals surface area contributed by atoms with Crippen LogP contribution in [0.5, 0.6) is 0 Å². The number of anilines is 2. The van der Waals surface area contributed by atoms with Gasteiger partial charge in [0.2, 0.25) is 5.91 Å². The number of hydrogen-bond acceptors (Lipinski definition) is 4. The maximum atomic E-state index is 12.1. The summed E-state index contributed by atoms with van der Waals surface area (Å²) in [6, 6.07) is 10.2. The molecule has 0 aliphatic heterocycles. The standard InChI is InChI=1S/C15H16N4O2/c16-8-5-14(20)18-12-3-1-2-4-13(12)19-15(21)11-6-9-17-10-7-11/h1-4,6-7,9-10H,5,8,16H2,(H,18,20)(H,19,21). The Bertz CT molecular complexity index is 629. The van der Waals surface area contributed by atoms with Crippen molar-refractivity contribution in [1.29, 1.82) is 0 Å². The molecule has 1 aromatic heterocycles. The Labute approximate surface area is 122 Å². The van der Waals surface area contributed by atoms with Crippen LogP contribution in [0.1, 0.15) is 16.8 Å². The topological polar surface area (TPSA) is 97.1 Å². The van der Waals surface area contributed by atoms with E-state index in [4.69, 9.17) is 5.73 Å². The van der Waals surface area contributed by atoms with E-state index in [-0.39, 0.29) is 24.8 Å². The van der Waals surface area contributed by atoms with E-state index in [2.05, 4.69) is 15.6 Å². The lowest BCUT2D eigenvalue weighted by Gasteiger charge is -2.12. The molecule has 0 atom stereocenters. The number of carbonyl (C=O) groups excluding carboxylic acids is 2. The first-order valence-corrected chi connectivity index (χ1v) is 6.51. The number of pyridine rings is 1. The van der Waals surface area contributed by atoms with E-state index < -0.39 is 0 Å². The van der Waals surface area contributed by atoms with Crippen LogP contribution in [-0.2, 0) is 4.79 Å². The van der Waals surface area contributed by atoms with E-state index in [0.29, 0.717) is 16.9 Å². The van der Waals surface area contributed by atoms with Crippen molar-refractivity contribution < 1.29 is 9.59 Å². The molecule has 0 radical (unpaired) electrons. The zero-order valence-electron chi connectivity index (χ0n) is 11.4. The highest BCUT2D eigenvalue weighted by Gasteiger charge is 2.10. The molecule has 1 aromatic carbocycles. The molecule has 0 aliphatic rings. The Balaban J connectivity index is 2.13. The normalized spacial score (nSPS) is 9.95. The van der Waals surface area contributed by atoms with E-state index in [1.54, 1.807) is 48.8 Å². The van der Waals surface area contributed by atoms with Crippen LogP contribution in [0, 0.1) is 0 Å². The first-order valence-electron chi connectivity index (χ1n) is 6.51. The molecule has 0 fully saturated rings. The summed E-state index contributed by atoms with van der Waals surface area (Å²) in [5, 5.41) is 5.48. The van der Waals surface area contributed by atoms with Gasteiger partial charge in [-0.15, -0.1) is 0 Å². The molecule has 2 amide bonds. The van der Waals surface area contributed by atoms with Crippen molar-refractivity contribution in [2.75, 3.05) is 17.2 Å². The average molecular weight is 284 g/mol. The van der Waals surface area contributed by atoms with Crippen LogP contribution in [-0.4, -0.2) is 23.3 Å². The Hall–Kier alpha value is -2.73. The Morgan fingerprint density at radius 2 is 1.62 bits per heavy atom. The Morgan fingerprint density at radius 1 is 1.00 bits per heavy atom. The zero-order chi connectivity index (χ0) is 15.1. The molecule has 6 nitrogen and oxygen atoms in total. The smallest absolute Gasteiger partial charge is 0.255 e. The minimum absolute atomic E-state index is 0.192. The van der Waals surface area contributed by atoms with Gasteiger partial charge >= 0.3 is 0 Å². The lowest BCUT2D eigenvalue weighted by atomic mass is 10.2. The monoisotopic (exact) mass is 284 g/mol. The molecule has 0 bridgehead atoms. The molecule has 0 aliphatic carbocycles. The van der Waals surface area contributed by atoms with Gasteiger partial charge in [-0.3, -0.25) is 14.6 Å². The van der Waals surface area contributed by atoms with Gasteiger partial charge in [0.15, 0.2) is 0 Å². The van der Waals surface area contributed by atoms with Gasteiger partial charge in [0.25, 0.3) is 5.91 Å². The summed E-state index contributed by atoms with van der Waals surface area (Å²) in [5.41, 5.74) is 6.91. The summed E-state index contributed by atoms with van der Waals surface area (Å²) in [6.45, 7) is 0.275. The van der Waals surface area contributed by atoms with Crippen molar-refractivity contribution in [2.45, 2.75) is 6.42 Å². The summed E-state index contributed by atoms with van der Waals surface area (Å²) in [7, 11) is 0. The summed E-state index contributed by atoms with van der Waals surface area (Å²) >= 11 is 0. The molecule has 0 spiro atoms. The minimum atomic E-state index is -0.266. The quantitative estimate of drug-likeness (QED) is 0.777. The molecule has 0 saturated heterocycles. The molecule has 1 heterocycles. The number of nitrogens with two attached hydrogens (primary N) is 1. The van der Waals surface area contributed by atoms with Crippen molar-refractivity contribution in [3.05, 3.63) is 54.4 Å². The van der Waals surface area contributed by atoms with Crippen molar-refractivity contribution in [3.63, 3.8) is 0 Å². The third kappa shape index (κ3) is 4.12. The van der Waals surface area contributed by atoms with Gasteiger partial charge in [0.1, 0.15) is 0 Å². The van der Waals surface area contributed by atoms with Crippen molar-refractivity contribution >= 4 is 23.2 Å². The summed E-state index contributed by atoms with van der Waals surface area (Å²) in [4.78, 5) is 27.6. The minimum Gasteiger partial charge on any atom is -0.330 e. The number of benzene rings is 1. The van der Waals surface area contributed by atoms with Gasteiger partial charge in [-0.2, -0.15) is 0 Å². The van der Waals surface area contributed by atoms with Gasteiger partial charge in [-0.05, 0) is 24.3 Å². The number of hydrogen-bond donors (Lipinski definition) is 3. The SMILES string of the molecule is NCCC(=O)Nc1ccccc1NC(=O)c1ccncc1. The second kappa shape index (κ2) is 7.16. The van der Waals surface area contributed by atoms with E-state index in [1.807, 2.05) is 0 Å². The van der Waals surface area contributed by atoms with Gasteiger partial charge in [0, 0.05) is 30.9 Å². The molecule has 4 N–H and O–H groups in total. The number of para-hydroxylation sites is 2. The van der Waals surface area contributed by atoms with E-state index in [0.717, 1.165) is 0 Å². The summed E-state index contributed by atoms with van der Waals surface area (Å²) < 4.78 is 0. The molecule has 0 saturated carbocycles. The molecule has 2 aromatic rings. The third-order valence-corrected chi connectivity index (χ3v) is 2.76. The summed E-state index contributed by atoms with van der Waals surface area (Å²) in [6.07, 6.45) is 3.32. The number of rotatable bonds is 5. The van der Waals surface area contributed by atoms with E-state index >= 15 is 0 Å². The van der Waals surface area contributed by atoms with Gasteiger partial charge in [-0.25, -0.2) is 0 Å². The zero-order valence-corrected chi connectivity index (χ0v) is 11.4. The van der Waals surface area contributed by atoms with Gasteiger partial charge < -0.3 is 16.4 Å². The lowest BCUT2D eigenvalue weighted by Crippen LogP contribution is -2.18. The van der Waals surface area contributed by atoms with E-state index in [9.17, 15) is 9.59 Å². The predicted molar refractivity (Wildman–Crippen MR) is 80.9 cm³/mol. The van der Waals surface area contributed by atoms with Crippen LogP contribution in [0.25, 0.3) is 0 Å². The highest BCUT2D eigenvalue weighted by atomic mass is 16.2. The van der Waals surface area contributed by atoms with Crippen LogP contribution >= 0.6 is 0 Å². The molecule has 108 valence electrons. The first-order chi connectivity index (χ1) is 10.2. The maximum Gasteiger partial charge on any atom is 0.255 e. The number of carbonyl (C=O) groups is 2. The third-order valence-electron chi connectivity index (χ3n) is 2.76. The highest BCUT2D eigenvalue weighted by molar-refractivity contribution is 6.07. The predicted octanol–water partition coefficient (Wildman–Crippen LogP) is 1.62. The van der Waals surface area contributed by atoms with Crippen LogP contribution in [0.4, 0.5) is 11.4 Å². The Morgan fingerprint density at radius 3 is 2.24 bits per heavy atom. The molecular formula is C15H16N4O2. The number of aromatic nitrogens is 1. The second-order valence-electron chi connectivity index (χ2n) is 4.32. The number of nitrogens with one attached hydrogen (secondary N) is 2. The molecule has 2 rings (SSSR count). The molecule has 21 heavy (non-hydrogen) atoms. The fourth-order valence-corrected chi connectivity index (χ4v) is 1.74. The average Bonchev–Trinajstić information content (AvgIpc) is 2.50. The van der Waals surface area contributed by atoms with E-state index in [1.165, 1.54) is 0 Å². The fourth-order valence-electron chi connectivity index (χ4n) is 1.74. The second-order valence-corrected chi connectivity index (χ2v) is 4.32. The summed E-state index contributed by atoms with van der Waals surface area (Å²) in [5.74, 6) is -0.457.